The Labute approximate surface area is 84.7 Å². The van der Waals surface area contributed by atoms with Crippen LogP contribution in [0.1, 0.15) is 26.5 Å². The first-order chi connectivity index (χ1) is 6.51. The first kappa shape index (κ1) is 10.9. The Morgan fingerprint density at radius 2 is 2.07 bits per heavy atom. The molecule has 0 saturated carbocycles. The molecule has 0 atom stereocenters. The molecule has 1 rings (SSSR count). The molecular formula is C10H17N3O. The minimum absolute atomic E-state index is 0.229. The topological polar surface area (TPSA) is 47.0 Å². The van der Waals surface area contributed by atoms with E-state index in [-0.39, 0.29) is 5.60 Å². The molecule has 1 N–H and O–H groups in total. The van der Waals surface area contributed by atoms with Crippen LogP contribution in [0.3, 0.4) is 0 Å². The molecule has 0 aromatic carbocycles. The van der Waals surface area contributed by atoms with Crippen molar-refractivity contribution in [3.05, 3.63) is 18.1 Å². The lowest BCUT2D eigenvalue weighted by Gasteiger charge is -2.20. The van der Waals surface area contributed by atoms with E-state index >= 15 is 0 Å². The maximum absolute atomic E-state index is 5.59. The third kappa shape index (κ3) is 3.70. The van der Waals surface area contributed by atoms with Crippen molar-refractivity contribution in [3.8, 4) is 5.88 Å². The number of aromatic nitrogens is 2. The molecule has 0 aliphatic rings. The molecule has 1 aromatic rings. The molecule has 0 fully saturated rings. The van der Waals surface area contributed by atoms with Gasteiger partial charge in [-0.15, -0.1) is 0 Å². The van der Waals surface area contributed by atoms with Gasteiger partial charge < -0.3 is 10.1 Å². The lowest BCUT2D eigenvalue weighted by Crippen LogP contribution is -2.24. The van der Waals surface area contributed by atoms with E-state index in [0.717, 1.165) is 5.69 Å². The maximum Gasteiger partial charge on any atom is 0.233 e. The highest BCUT2D eigenvalue weighted by atomic mass is 16.5. The van der Waals surface area contributed by atoms with E-state index in [1.54, 1.807) is 12.4 Å². The minimum Gasteiger partial charge on any atom is -0.471 e. The van der Waals surface area contributed by atoms with Crippen LogP contribution in [0.25, 0.3) is 0 Å². The third-order valence-electron chi connectivity index (χ3n) is 1.43. The predicted octanol–water partition coefficient (Wildman–Crippen LogP) is 1.37. The Bertz CT molecular complexity index is 294. The molecule has 0 saturated heterocycles. The quantitative estimate of drug-likeness (QED) is 0.791. The summed E-state index contributed by atoms with van der Waals surface area (Å²) in [4.78, 5) is 8.36. The first-order valence-corrected chi connectivity index (χ1v) is 4.66. The number of rotatable bonds is 3. The number of nitrogens with one attached hydrogen (secondary N) is 1. The summed E-state index contributed by atoms with van der Waals surface area (Å²) in [5.74, 6) is 0.574. The smallest absolute Gasteiger partial charge is 0.233 e. The van der Waals surface area contributed by atoms with Gasteiger partial charge in [-0.05, 0) is 27.8 Å². The van der Waals surface area contributed by atoms with Gasteiger partial charge >= 0.3 is 0 Å². The van der Waals surface area contributed by atoms with Crippen molar-refractivity contribution < 1.29 is 4.74 Å². The van der Waals surface area contributed by atoms with E-state index in [1.165, 1.54) is 0 Å². The van der Waals surface area contributed by atoms with E-state index < -0.39 is 0 Å². The standard InChI is InChI=1S/C10H17N3O/c1-10(2,3)14-9-7-12-6-8(13-9)5-11-4/h6-7,11H,5H2,1-4H3. The molecule has 4 nitrogen and oxygen atoms in total. The summed E-state index contributed by atoms with van der Waals surface area (Å²) >= 11 is 0. The highest BCUT2D eigenvalue weighted by Crippen LogP contribution is 2.13. The summed E-state index contributed by atoms with van der Waals surface area (Å²) in [5.41, 5.74) is 0.654. The molecule has 14 heavy (non-hydrogen) atoms. The van der Waals surface area contributed by atoms with Crippen LogP contribution in [-0.4, -0.2) is 22.6 Å². The summed E-state index contributed by atoms with van der Waals surface area (Å²) in [6.07, 6.45) is 3.36. The SMILES string of the molecule is CNCc1cncc(OC(C)(C)C)n1. The third-order valence-corrected chi connectivity index (χ3v) is 1.43. The summed E-state index contributed by atoms with van der Waals surface area (Å²) in [6.45, 7) is 6.66. The highest BCUT2D eigenvalue weighted by Gasteiger charge is 2.12. The van der Waals surface area contributed by atoms with Crippen LogP contribution in [0.2, 0.25) is 0 Å². The molecule has 0 amide bonds. The lowest BCUT2D eigenvalue weighted by atomic mass is 10.2. The van der Waals surface area contributed by atoms with Crippen LogP contribution in [0.15, 0.2) is 12.4 Å². The normalized spacial score (nSPS) is 11.4. The van der Waals surface area contributed by atoms with Gasteiger partial charge in [-0.2, -0.15) is 0 Å². The zero-order valence-electron chi connectivity index (χ0n) is 9.16. The summed E-state index contributed by atoms with van der Waals surface area (Å²) in [7, 11) is 1.87. The summed E-state index contributed by atoms with van der Waals surface area (Å²) in [5, 5.41) is 3.02. The zero-order chi connectivity index (χ0) is 10.6. The Hall–Kier alpha value is -1.16. The second kappa shape index (κ2) is 4.37. The van der Waals surface area contributed by atoms with Gasteiger partial charge in [0.1, 0.15) is 5.60 Å². The van der Waals surface area contributed by atoms with Crippen molar-refractivity contribution in [1.82, 2.24) is 15.3 Å². The van der Waals surface area contributed by atoms with E-state index in [9.17, 15) is 0 Å². The molecule has 1 aromatic heterocycles. The van der Waals surface area contributed by atoms with Crippen LogP contribution < -0.4 is 10.1 Å². The van der Waals surface area contributed by atoms with Gasteiger partial charge in [0.25, 0.3) is 0 Å². The van der Waals surface area contributed by atoms with E-state index in [1.807, 2.05) is 27.8 Å². The van der Waals surface area contributed by atoms with Gasteiger partial charge in [0, 0.05) is 12.7 Å². The van der Waals surface area contributed by atoms with Crippen molar-refractivity contribution in [1.29, 1.82) is 0 Å². The second-order valence-electron chi connectivity index (χ2n) is 4.09. The van der Waals surface area contributed by atoms with Crippen molar-refractivity contribution in [2.75, 3.05) is 7.05 Å². The molecule has 4 heteroatoms. The second-order valence-corrected chi connectivity index (χ2v) is 4.09. The van der Waals surface area contributed by atoms with Crippen LogP contribution in [-0.2, 0) is 6.54 Å². The average molecular weight is 195 g/mol. The summed E-state index contributed by atoms with van der Waals surface area (Å²) < 4.78 is 5.59. The van der Waals surface area contributed by atoms with Crippen LogP contribution >= 0.6 is 0 Å². The fourth-order valence-corrected chi connectivity index (χ4v) is 1.02. The highest BCUT2D eigenvalue weighted by molar-refractivity contribution is 5.09. The minimum atomic E-state index is -0.229. The Morgan fingerprint density at radius 3 is 2.64 bits per heavy atom. The van der Waals surface area contributed by atoms with E-state index in [4.69, 9.17) is 4.74 Å². The number of nitrogens with zero attached hydrogens (tertiary/aromatic N) is 2. The van der Waals surface area contributed by atoms with Gasteiger partial charge in [0.15, 0.2) is 0 Å². The molecule has 0 aliphatic heterocycles. The van der Waals surface area contributed by atoms with Crippen LogP contribution in [0.4, 0.5) is 0 Å². The van der Waals surface area contributed by atoms with Gasteiger partial charge in [-0.25, -0.2) is 4.98 Å². The van der Waals surface area contributed by atoms with Gasteiger partial charge in [-0.1, -0.05) is 0 Å². The largest absolute Gasteiger partial charge is 0.471 e. The number of hydrogen-bond acceptors (Lipinski definition) is 4. The molecule has 1 heterocycles. The Kier molecular flexibility index (Phi) is 3.41. The fourth-order valence-electron chi connectivity index (χ4n) is 1.02. The van der Waals surface area contributed by atoms with Crippen molar-refractivity contribution in [2.45, 2.75) is 32.9 Å². The first-order valence-electron chi connectivity index (χ1n) is 4.66. The predicted molar refractivity (Wildman–Crippen MR) is 55.2 cm³/mol. The average Bonchev–Trinajstić information content (AvgIpc) is 2.02. The van der Waals surface area contributed by atoms with Gasteiger partial charge in [0.2, 0.25) is 5.88 Å². The van der Waals surface area contributed by atoms with E-state index in [2.05, 4.69) is 15.3 Å². The number of ether oxygens (including phenoxy) is 1. The summed E-state index contributed by atoms with van der Waals surface area (Å²) in [6, 6.07) is 0. The van der Waals surface area contributed by atoms with Crippen LogP contribution in [0, 0.1) is 0 Å². The number of hydrogen-bond donors (Lipinski definition) is 1. The van der Waals surface area contributed by atoms with Crippen molar-refractivity contribution in [2.24, 2.45) is 0 Å². The maximum atomic E-state index is 5.59. The van der Waals surface area contributed by atoms with E-state index in [0.29, 0.717) is 12.4 Å². The fraction of sp³-hybridized carbons (Fsp3) is 0.600. The molecule has 78 valence electrons. The van der Waals surface area contributed by atoms with Gasteiger partial charge in [-0.3, -0.25) is 4.98 Å². The molecular weight excluding hydrogens is 178 g/mol. The van der Waals surface area contributed by atoms with Gasteiger partial charge in [0.05, 0.1) is 11.9 Å². The molecule has 0 spiro atoms. The Balaban J connectivity index is 2.73. The van der Waals surface area contributed by atoms with Crippen molar-refractivity contribution in [3.63, 3.8) is 0 Å². The lowest BCUT2D eigenvalue weighted by molar-refractivity contribution is 0.123. The molecule has 0 aliphatic carbocycles. The Morgan fingerprint density at radius 1 is 1.36 bits per heavy atom. The molecule has 0 radical (unpaired) electrons. The van der Waals surface area contributed by atoms with Crippen LogP contribution in [0.5, 0.6) is 5.88 Å². The monoisotopic (exact) mass is 195 g/mol. The molecule has 0 unspecified atom stereocenters. The molecule has 0 bridgehead atoms. The van der Waals surface area contributed by atoms with Crippen molar-refractivity contribution >= 4 is 0 Å². The zero-order valence-corrected chi connectivity index (χ0v) is 9.16.